The maximum absolute atomic E-state index is 2.39. The molecule has 0 aliphatic carbocycles. The number of hydrogen-bond acceptors (Lipinski definition) is 2. The van der Waals surface area contributed by atoms with Crippen LogP contribution in [0.3, 0.4) is 0 Å². The molecule has 0 heterocycles. The van der Waals surface area contributed by atoms with Crippen molar-refractivity contribution in [2.75, 3.05) is 39.1 Å². The molecule has 0 spiro atoms. The Morgan fingerprint density at radius 2 is 1.53 bits per heavy atom. The summed E-state index contributed by atoms with van der Waals surface area (Å²) in [5.41, 5.74) is 4.27. The summed E-state index contributed by atoms with van der Waals surface area (Å²) in [4.78, 5) is 4.62. The molecule has 0 radical (unpaired) electrons. The third kappa shape index (κ3) is 4.54. The lowest BCUT2D eigenvalue weighted by molar-refractivity contribution is 0.416. The molecule has 19 heavy (non-hydrogen) atoms. The van der Waals surface area contributed by atoms with Gasteiger partial charge in [0.15, 0.2) is 0 Å². The minimum atomic E-state index is 0.568. The van der Waals surface area contributed by atoms with Gasteiger partial charge in [-0.05, 0) is 43.1 Å². The van der Waals surface area contributed by atoms with E-state index in [0.29, 0.717) is 11.8 Å². The van der Waals surface area contributed by atoms with Crippen molar-refractivity contribution >= 4 is 5.69 Å². The van der Waals surface area contributed by atoms with Crippen LogP contribution in [0.5, 0.6) is 0 Å². The van der Waals surface area contributed by atoms with E-state index < -0.39 is 0 Å². The molecule has 0 atom stereocenters. The molecule has 1 rings (SSSR count). The van der Waals surface area contributed by atoms with Crippen molar-refractivity contribution in [2.45, 2.75) is 39.5 Å². The summed E-state index contributed by atoms with van der Waals surface area (Å²) in [6.45, 7) is 11.2. The van der Waals surface area contributed by atoms with E-state index in [9.17, 15) is 0 Å². The van der Waals surface area contributed by atoms with E-state index in [4.69, 9.17) is 0 Å². The summed E-state index contributed by atoms with van der Waals surface area (Å²) in [5, 5.41) is 0. The van der Waals surface area contributed by atoms with Gasteiger partial charge in [-0.15, -0.1) is 0 Å². The van der Waals surface area contributed by atoms with Gasteiger partial charge in [0.1, 0.15) is 0 Å². The van der Waals surface area contributed by atoms with Crippen molar-refractivity contribution in [1.82, 2.24) is 4.90 Å². The molecule has 0 aliphatic heterocycles. The second-order valence-corrected chi connectivity index (χ2v) is 6.35. The quantitative estimate of drug-likeness (QED) is 0.766. The Bertz CT molecular complexity index is 394. The van der Waals surface area contributed by atoms with E-state index in [2.05, 4.69) is 76.8 Å². The minimum Gasteiger partial charge on any atom is -0.373 e. The summed E-state index contributed by atoms with van der Waals surface area (Å²) in [5.74, 6) is 1.15. The zero-order valence-corrected chi connectivity index (χ0v) is 13.7. The summed E-state index contributed by atoms with van der Waals surface area (Å²) >= 11 is 0. The Labute approximate surface area is 119 Å². The lowest BCUT2D eigenvalue weighted by Crippen LogP contribution is -2.29. The number of rotatable bonds is 6. The lowest BCUT2D eigenvalue weighted by atomic mass is 9.94. The van der Waals surface area contributed by atoms with Crippen LogP contribution in [0.15, 0.2) is 18.2 Å². The van der Waals surface area contributed by atoms with Crippen LogP contribution in [0.4, 0.5) is 5.69 Å². The van der Waals surface area contributed by atoms with Gasteiger partial charge >= 0.3 is 0 Å². The fraction of sp³-hybridized carbons (Fsp3) is 0.647. The van der Waals surface area contributed by atoms with Gasteiger partial charge in [0.05, 0.1) is 0 Å². The van der Waals surface area contributed by atoms with E-state index in [1.165, 1.54) is 16.8 Å². The first-order chi connectivity index (χ1) is 8.82. The lowest BCUT2D eigenvalue weighted by Gasteiger charge is -2.26. The van der Waals surface area contributed by atoms with Gasteiger partial charge in [-0.3, -0.25) is 0 Å². The number of likely N-dealkylation sites (N-methyl/N-ethyl adjacent to an activating group) is 2. The van der Waals surface area contributed by atoms with Crippen LogP contribution >= 0.6 is 0 Å². The smallest absolute Gasteiger partial charge is 0.0402 e. The molecule has 2 heteroatoms. The highest BCUT2D eigenvalue weighted by Crippen LogP contribution is 2.30. The van der Waals surface area contributed by atoms with E-state index >= 15 is 0 Å². The third-order valence-corrected chi connectivity index (χ3v) is 3.64. The van der Waals surface area contributed by atoms with Gasteiger partial charge in [-0.1, -0.05) is 39.8 Å². The molecule has 0 saturated carbocycles. The molecule has 0 aromatic heterocycles. The Hall–Kier alpha value is -1.02. The maximum Gasteiger partial charge on any atom is 0.0402 e. The van der Waals surface area contributed by atoms with Gasteiger partial charge in [-0.25, -0.2) is 0 Å². The van der Waals surface area contributed by atoms with Crippen molar-refractivity contribution in [2.24, 2.45) is 0 Å². The van der Waals surface area contributed by atoms with E-state index in [-0.39, 0.29) is 0 Å². The second kappa shape index (κ2) is 6.95. The molecule has 1 aromatic rings. The first-order valence-corrected chi connectivity index (χ1v) is 7.32. The van der Waals surface area contributed by atoms with Gasteiger partial charge < -0.3 is 9.80 Å². The molecule has 0 bridgehead atoms. The fourth-order valence-electron chi connectivity index (χ4n) is 2.21. The molecule has 0 saturated heterocycles. The number of anilines is 1. The summed E-state index contributed by atoms with van der Waals surface area (Å²) in [7, 11) is 6.46. The summed E-state index contributed by atoms with van der Waals surface area (Å²) in [6, 6.07) is 6.96. The fourth-order valence-corrected chi connectivity index (χ4v) is 2.21. The Morgan fingerprint density at radius 1 is 0.895 bits per heavy atom. The van der Waals surface area contributed by atoms with Crippen LogP contribution in [-0.4, -0.2) is 39.1 Å². The molecule has 0 N–H and O–H groups in total. The average Bonchev–Trinajstić information content (AvgIpc) is 2.34. The Morgan fingerprint density at radius 3 is 2.00 bits per heavy atom. The average molecular weight is 262 g/mol. The normalized spacial score (nSPS) is 11.7. The van der Waals surface area contributed by atoms with Crippen LogP contribution in [0.25, 0.3) is 0 Å². The summed E-state index contributed by atoms with van der Waals surface area (Å²) in [6.07, 6.45) is 0. The largest absolute Gasteiger partial charge is 0.373 e. The molecule has 0 amide bonds. The van der Waals surface area contributed by atoms with Crippen LogP contribution in [0.1, 0.15) is 50.7 Å². The maximum atomic E-state index is 2.39. The van der Waals surface area contributed by atoms with E-state index in [0.717, 1.165) is 13.1 Å². The molecule has 108 valence electrons. The monoisotopic (exact) mass is 262 g/mol. The van der Waals surface area contributed by atoms with Crippen LogP contribution < -0.4 is 4.90 Å². The molecule has 0 aliphatic rings. The van der Waals surface area contributed by atoms with Crippen molar-refractivity contribution in [3.8, 4) is 0 Å². The Kier molecular flexibility index (Phi) is 5.86. The van der Waals surface area contributed by atoms with Crippen molar-refractivity contribution in [3.05, 3.63) is 29.3 Å². The zero-order chi connectivity index (χ0) is 14.6. The van der Waals surface area contributed by atoms with E-state index in [1.807, 2.05) is 0 Å². The first kappa shape index (κ1) is 16.0. The predicted octanol–water partition coefficient (Wildman–Crippen LogP) is 3.93. The van der Waals surface area contributed by atoms with Crippen LogP contribution in [0, 0.1) is 0 Å². The molecule has 1 aromatic carbocycles. The number of nitrogens with zero attached hydrogens (tertiary/aromatic N) is 2. The predicted molar refractivity (Wildman–Crippen MR) is 86.4 cm³/mol. The topological polar surface area (TPSA) is 6.48 Å². The van der Waals surface area contributed by atoms with E-state index in [1.54, 1.807) is 0 Å². The molecular formula is C17H30N2. The van der Waals surface area contributed by atoms with Gasteiger partial charge in [-0.2, -0.15) is 0 Å². The Balaban J connectivity index is 3.02. The highest BCUT2D eigenvalue weighted by molar-refractivity contribution is 5.56. The first-order valence-electron chi connectivity index (χ1n) is 7.32. The van der Waals surface area contributed by atoms with Crippen LogP contribution in [-0.2, 0) is 0 Å². The summed E-state index contributed by atoms with van der Waals surface area (Å²) < 4.78 is 0. The molecular weight excluding hydrogens is 232 g/mol. The van der Waals surface area contributed by atoms with Crippen molar-refractivity contribution in [1.29, 1.82) is 0 Å². The number of benzene rings is 1. The van der Waals surface area contributed by atoms with Gasteiger partial charge in [0.2, 0.25) is 0 Å². The molecule has 0 unspecified atom stereocenters. The van der Waals surface area contributed by atoms with Crippen molar-refractivity contribution in [3.63, 3.8) is 0 Å². The number of hydrogen-bond donors (Lipinski definition) is 0. The molecule has 2 nitrogen and oxygen atoms in total. The second-order valence-electron chi connectivity index (χ2n) is 6.35. The molecule has 0 fully saturated rings. The highest BCUT2D eigenvalue weighted by Gasteiger charge is 2.12. The zero-order valence-electron chi connectivity index (χ0n) is 13.7. The highest BCUT2D eigenvalue weighted by atomic mass is 15.2. The third-order valence-electron chi connectivity index (χ3n) is 3.64. The van der Waals surface area contributed by atoms with Crippen LogP contribution in [0.2, 0.25) is 0 Å². The van der Waals surface area contributed by atoms with Crippen molar-refractivity contribution < 1.29 is 0 Å². The van der Waals surface area contributed by atoms with Gasteiger partial charge in [0.25, 0.3) is 0 Å². The standard InChI is InChI=1S/C17H30N2/c1-13(2)15-8-9-16(14(3)4)17(12-15)19(7)11-10-18(5)6/h8-9,12-14H,10-11H2,1-7H3. The SMILES string of the molecule is CC(C)c1ccc(C(C)C)c(N(C)CCN(C)C)c1. The minimum absolute atomic E-state index is 0.568. The van der Waals surface area contributed by atoms with Gasteiger partial charge in [0, 0.05) is 25.8 Å².